The minimum Gasteiger partial charge on any atom is -0.313 e. The molecule has 0 amide bonds. The Morgan fingerprint density at radius 3 is 2.69 bits per heavy atom. The molecule has 0 fully saturated rings. The Balaban J connectivity index is 2.15. The van der Waals surface area contributed by atoms with Gasteiger partial charge in [0.25, 0.3) is 0 Å². The summed E-state index contributed by atoms with van der Waals surface area (Å²) in [5, 5.41) is 7.69. The van der Waals surface area contributed by atoms with Crippen LogP contribution in [0, 0.1) is 0 Å². The monoisotopic (exact) mass is 379 g/mol. The first-order valence-corrected chi connectivity index (χ1v) is 8.18. The molecule has 0 spiro atoms. The van der Waals surface area contributed by atoms with Gasteiger partial charge in [-0.1, -0.05) is 0 Å². The molecule has 1 unspecified atom stereocenters. The van der Waals surface area contributed by atoms with Crippen LogP contribution in [0.15, 0.2) is 31.2 Å². The zero-order valence-electron chi connectivity index (χ0n) is 8.67. The summed E-state index contributed by atoms with van der Waals surface area (Å²) in [5.74, 6) is 0. The molecule has 0 bridgehead atoms. The number of hydrogen-bond donors (Lipinski definition) is 1. The number of thiophene rings is 2. The van der Waals surface area contributed by atoms with Crippen LogP contribution < -0.4 is 5.32 Å². The van der Waals surface area contributed by atoms with Crippen LogP contribution in [0.4, 0.5) is 0 Å². The van der Waals surface area contributed by atoms with Crippen LogP contribution in [-0.4, -0.2) is 7.05 Å². The lowest BCUT2D eigenvalue weighted by atomic mass is 10.1. The summed E-state index contributed by atoms with van der Waals surface area (Å²) in [4.78, 5) is 1.39. The van der Waals surface area contributed by atoms with Crippen LogP contribution in [0.3, 0.4) is 0 Å². The maximum atomic E-state index is 3.58. The highest BCUT2D eigenvalue weighted by Crippen LogP contribution is 2.31. The van der Waals surface area contributed by atoms with Gasteiger partial charge in [-0.2, -0.15) is 0 Å². The zero-order valence-corrected chi connectivity index (χ0v) is 13.5. The molecule has 1 nitrogen and oxygen atoms in total. The van der Waals surface area contributed by atoms with E-state index in [9.17, 15) is 0 Å². The van der Waals surface area contributed by atoms with Gasteiger partial charge in [-0.05, 0) is 67.4 Å². The predicted molar refractivity (Wildman–Crippen MR) is 79.5 cm³/mol. The van der Waals surface area contributed by atoms with Gasteiger partial charge in [0.1, 0.15) is 0 Å². The van der Waals surface area contributed by atoms with E-state index in [4.69, 9.17) is 0 Å². The molecule has 16 heavy (non-hydrogen) atoms. The second-order valence-corrected chi connectivity index (χ2v) is 7.57. The molecule has 2 rings (SSSR count). The molecular formula is C11H11Br2NS2. The minimum absolute atomic E-state index is 0.387. The van der Waals surface area contributed by atoms with Crippen molar-refractivity contribution in [2.45, 2.75) is 12.5 Å². The molecule has 0 saturated heterocycles. The smallest absolute Gasteiger partial charge is 0.0701 e. The number of rotatable bonds is 4. The van der Waals surface area contributed by atoms with Crippen LogP contribution in [0.25, 0.3) is 0 Å². The normalized spacial score (nSPS) is 12.9. The van der Waals surface area contributed by atoms with Gasteiger partial charge in [0, 0.05) is 21.8 Å². The van der Waals surface area contributed by atoms with Crippen molar-refractivity contribution >= 4 is 54.5 Å². The van der Waals surface area contributed by atoms with Crippen molar-refractivity contribution in [3.05, 3.63) is 41.6 Å². The number of likely N-dealkylation sites (N-methyl/N-ethyl adjacent to an activating group) is 1. The summed E-state index contributed by atoms with van der Waals surface area (Å²) >= 11 is 10.6. The van der Waals surface area contributed by atoms with Crippen molar-refractivity contribution in [1.29, 1.82) is 0 Å². The van der Waals surface area contributed by atoms with E-state index in [-0.39, 0.29) is 0 Å². The Morgan fingerprint density at radius 1 is 1.38 bits per heavy atom. The fourth-order valence-electron chi connectivity index (χ4n) is 1.55. The molecule has 5 heteroatoms. The summed E-state index contributed by atoms with van der Waals surface area (Å²) in [5.41, 5.74) is 1.35. The van der Waals surface area contributed by atoms with Crippen LogP contribution in [0.1, 0.15) is 16.5 Å². The Bertz CT molecular complexity index is 464. The van der Waals surface area contributed by atoms with Gasteiger partial charge in [0.2, 0.25) is 0 Å². The molecule has 2 aromatic rings. The van der Waals surface area contributed by atoms with Crippen LogP contribution >= 0.6 is 54.5 Å². The van der Waals surface area contributed by atoms with E-state index in [1.165, 1.54) is 18.7 Å². The SMILES string of the molecule is CNC(Cc1sccc1Br)c1csc(Br)c1. The molecular weight excluding hydrogens is 370 g/mol. The third-order valence-corrected chi connectivity index (χ3v) is 5.89. The van der Waals surface area contributed by atoms with E-state index >= 15 is 0 Å². The van der Waals surface area contributed by atoms with Gasteiger partial charge in [-0.25, -0.2) is 0 Å². The van der Waals surface area contributed by atoms with E-state index in [2.05, 4.69) is 60.1 Å². The fraction of sp³-hybridized carbons (Fsp3) is 0.273. The van der Waals surface area contributed by atoms with Gasteiger partial charge in [0.15, 0.2) is 0 Å². The van der Waals surface area contributed by atoms with Gasteiger partial charge >= 0.3 is 0 Å². The molecule has 0 radical (unpaired) electrons. The number of hydrogen-bond acceptors (Lipinski definition) is 3. The molecule has 2 aromatic heterocycles. The first kappa shape index (κ1) is 12.8. The third-order valence-electron chi connectivity index (χ3n) is 2.42. The van der Waals surface area contributed by atoms with Gasteiger partial charge < -0.3 is 5.32 Å². The van der Waals surface area contributed by atoms with Crippen molar-refractivity contribution < 1.29 is 0 Å². The Hall–Kier alpha value is 0.320. The number of nitrogens with one attached hydrogen (secondary N) is 1. The summed E-state index contributed by atoms with van der Waals surface area (Å²) in [7, 11) is 2.01. The maximum Gasteiger partial charge on any atom is 0.0701 e. The van der Waals surface area contributed by atoms with Crippen molar-refractivity contribution in [3.8, 4) is 0 Å². The van der Waals surface area contributed by atoms with E-state index in [0.29, 0.717) is 6.04 Å². The highest BCUT2D eigenvalue weighted by molar-refractivity contribution is 9.11. The average Bonchev–Trinajstić information content (AvgIpc) is 2.85. The quantitative estimate of drug-likeness (QED) is 0.800. The molecule has 0 aromatic carbocycles. The van der Waals surface area contributed by atoms with E-state index < -0.39 is 0 Å². The second kappa shape index (κ2) is 5.78. The molecule has 0 aliphatic heterocycles. The van der Waals surface area contributed by atoms with Crippen LogP contribution in [-0.2, 0) is 6.42 Å². The first-order valence-electron chi connectivity index (χ1n) is 4.83. The molecule has 1 N–H and O–H groups in total. The highest BCUT2D eigenvalue weighted by atomic mass is 79.9. The second-order valence-electron chi connectivity index (χ2n) is 3.42. The average molecular weight is 381 g/mol. The van der Waals surface area contributed by atoms with Gasteiger partial charge in [-0.15, -0.1) is 22.7 Å². The van der Waals surface area contributed by atoms with Crippen molar-refractivity contribution in [2.75, 3.05) is 7.05 Å². The molecule has 0 aliphatic rings. The van der Waals surface area contributed by atoms with Gasteiger partial charge in [-0.3, -0.25) is 0 Å². The Kier molecular flexibility index (Phi) is 4.61. The van der Waals surface area contributed by atoms with E-state index in [0.717, 1.165) is 6.42 Å². The third kappa shape index (κ3) is 2.96. The maximum absolute atomic E-state index is 3.58. The van der Waals surface area contributed by atoms with Gasteiger partial charge in [0.05, 0.1) is 3.79 Å². The topological polar surface area (TPSA) is 12.0 Å². The lowest BCUT2D eigenvalue weighted by Gasteiger charge is -2.14. The van der Waals surface area contributed by atoms with Crippen LogP contribution in [0.2, 0.25) is 0 Å². The summed E-state index contributed by atoms with van der Waals surface area (Å²) in [6, 6.07) is 4.68. The van der Waals surface area contributed by atoms with Crippen molar-refractivity contribution in [3.63, 3.8) is 0 Å². The predicted octanol–water partition coefficient (Wildman–Crippen LogP) is 4.84. The Labute approximate surface area is 120 Å². The molecule has 2 heterocycles. The summed E-state index contributed by atoms with van der Waals surface area (Å²) in [6.07, 6.45) is 1.03. The Morgan fingerprint density at radius 2 is 2.19 bits per heavy atom. The molecule has 1 atom stereocenters. The van der Waals surface area contributed by atoms with Crippen molar-refractivity contribution in [2.24, 2.45) is 0 Å². The summed E-state index contributed by atoms with van der Waals surface area (Å²) in [6.45, 7) is 0. The highest BCUT2D eigenvalue weighted by Gasteiger charge is 2.14. The largest absolute Gasteiger partial charge is 0.313 e. The van der Waals surface area contributed by atoms with Crippen LogP contribution in [0.5, 0.6) is 0 Å². The zero-order chi connectivity index (χ0) is 11.5. The minimum atomic E-state index is 0.387. The lowest BCUT2D eigenvalue weighted by molar-refractivity contribution is 0.597. The standard InChI is InChI=1S/C11H11Br2NS2/c1-14-9(7-4-11(13)16-6-7)5-10-8(12)2-3-15-10/h2-4,6,9,14H,5H2,1H3. The molecule has 86 valence electrons. The first-order chi connectivity index (χ1) is 7.70. The van der Waals surface area contributed by atoms with E-state index in [1.807, 2.05) is 7.05 Å². The van der Waals surface area contributed by atoms with Crippen molar-refractivity contribution in [1.82, 2.24) is 5.32 Å². The fourth-order valence-corrected chi connectivity index (χ4v) is 4.34. The number of halogens is 2. The van der Waals surface area contributed by atoms with E-state index in [1.54, 1.807) is 22.7 Å². The molecule has 0 saturated carbocycles. The summed E-state index contributed by atoms with van der Waals surface area (Å²) < 4.78 is 2.40. The molecule has 0 aliphatic carbocycles. The lowest BCUT2D eigenvalue weighted by Crippen LogP contribution is -2.17.